The van der Waals surface area contributed by atoms with Crippen LogP contribution in [0.2, 0.25) is 0 Å². The van der Waals surface area contributed by atoms with Gasteiger partial charge in [0.05, 0.1) is 12.2 Å². The van der Waals surface area contributed by atoms with Gasteiger partial charge in [0.1, 0.15) is 5.76 Å². The van der Waals surface area contributed by atoms with E-state index in [2.05, 4.69) is 10.6 Å². The number of hydrogen-bond acceptors (Lipinski definition) is 4. The van der Waals surface area contributed by atoms with Gasteiger partial charge in [-0.25, -0.2) is 0 Å². The summed E-state index contributed by atoms with van der Waals surface area (Å²) in [6, 6.07) is 1.83. The maximum Gasteiger partial charge on any atom is 0.133 e. The van der Waals surface area contributed by atoms with E-state index in [9.17, 15) is 0 Å². The minimum absolute atomic E-state index is 0.553. The topological polar surface area (TPSA) is 64.1 Å². The van der Waals surface area contributed by atoms with Gasteiger partial charge in [-0.2, -0.15) is 0 Å². The van der Waals surface area contributed by atoms with Crippen molar-refractivity contribution in [2.45, 2.75) is 13.5 Å². The Bertz CT molecular complexity index is 184. The maximum absolute atomic E-state index is 5.04. The van der Waals surface area contributed by atoms with Crippen molar-refractivity contribution in [3.05, 3.63) is 17.5 Å². The van der Waals surface area contributed by atoms with Gasteiger partial charge in [-0.05, 0) is 6.92 Å². The highest BCUT2D eigenvalue weighted by Crippen LogP contribution is 1.99. The molecule has 4 heteroatoms. The molecule has 0 saturated carbocycles. The standard InChI is InChI=1S/C5H9N3O/c1-4-2-5(3-7-6)8-9-4/h2,7H,3,6H2,1H3. The van der Waals surface area contributed by atoms with Crippen molar-refractivity contribution in [1.29, 1.82) is 0 Å². The van der Waals surface area contributed by atoms with E-state index in [-0.39, 0.29) is 0 Å². The molecule has 0 saturated heterocycles. The summed E-state index contributed by atoms with van der Waals surface area (Å²) in [5, 5.41) is 3.69. The molecule has 0 unspecified atom stereocenters. The summed E-state index contributed by atoms with van der Waals surface area (Å²) in [5.74, 6) is 5.84. The van der Waals surface area contributed by atoms with E-state index < -0.39 is 0 Å². The molecule has 1 heterocycles. The first kappa shape index (κ1) is 6.25. The highest BCUT2D eigenvalue weighted by molar-refractivity contribution is 5.02. The number of nitrogens with one attached hydrogen (secondary N) is 1. The summed E-state index contributed by atoms with van der Waals surface area (Å²) in [6.45, 7) is 2.39. The Morgan fingerprint density at radius 1 is 1.89 bits per heavy atom. The van der Waals surface area contributed by atoms with Gasteiger partial charge in [-0.15, -0.1) is 0 Å². The minimum Gasteiger partial charge on any atom is -0.361 e. The molecule has 1 aromatic rings. The fourth-order valence-electron chi connectivity index (χ4n) is 0.606. The van der Waals surface area contributed by atoms with Gasteiger partial charge in [0.25, 0.3) is 0 Å². The van der Waals surface area contributed by atoms with Gasteiger partial charge in [-0.3, -0.25) is 11.3 Å². The zero-order valence-electron chi connectivity index (χ0n) is 5.22. The SMILES string of the molecule is Cc1cc(CNN)no1. The second kappa shape index (κ2) is 2.61. The number of rotatable bonds is 2. The first-order chi connectivity index (χ1) is 4.33. The van der Waals surface area contributed by atoms with Crippen LogP contribution in [0.25, 0.3) is 0 Å². The van der Waals surface area contributed by atoms with Gasteiger partial charge >= 0.3 is 0 Å². The average molecular weight is 127 g/mol. The molecule has 0 atom stereocenters. The molecule has 4 nitrogen and oxygen atoms in total. The number of aromatic nitrogens is 1. The summed E-state index contributed by atoms with van der Waals surface area (Å²) in [4.78, 5) is 0. The molecule has 1 rings (SSSR count). The smallest absolute Gasteiger partial charge is 0.133 e. The molecule has 50 valence electrons. The molecule has 3 N–H and O–H groups in total. The van der Waals surface area contributed by atoms with E-state index in [4.69, 9.17) is 10.4 Å². The van der Waals surface area contributed by atoms with E-state index in [1.54, 1.807) is 0 Å². The Morgan fingerprint density at radius 2 is 2.67 bits per heavy atom. The lowest BCUT2D eigenvalue weighted by Crippen LogP contribution is -2.20. The fraction of sp³-hybridized carbons (Fsp3) is 0.400. The van der Waals surface area contributed by atoms with E-state index >= 15 is 0 Å². The minimum atomic E-state index is 0.553. The van der Waals surface area contributed by atoms with E-state index in [1.807, 2.05) is 13.0 Å². The van der Waals surface area contributed by atoms with E-state index in [1.165, 1.54) is 0 Å². The van der Waals surface area contributed by atoms with Crippen molar-refractivity contribution in [2.24, 2.45) is 5.84 Å². The molecule has 0 bridgehead atoms. The van der Waals surface area contributed by atoms with Crippen LogP contribution in [0.1, 0.15) is 11.5 Å². The molecule has 0 radical (unpaired) electrons. The summed E-state index contributed by atoms with van der Waals surface area (Å²) in [6.07, 6.45) is 0. The molecule has 1 aromatic heterocycles. The van der Waals surface area contributed by atoms with E-state index in [0.717, 1.165) is 11.5 Å². The zero-order chi connectivity index (χ0) is 6.69. The van der Waals surface area contributed by atoms with Gasteiger partial charge in [0, 0.05) is 6.07 Å². The maximum atomic E-state index is 5.04. The second-order valence-corrected chi connectivity index (χ2v) is 1.81. The zero-order valence-corrected chi connectivity index (χ0v) is 5.22. The van der Waals surface area contributed by atoms with Crippen LogP contribution in [0.3, 0.4) is 0 Å². The lowest BCUT2D eigenvalue weighted by Gasteiger charge is -1.87. The molecule has 0 aliphatic carbocycles. The van der Waals surface area contributed by atoms with Crippen molar-refractivity contribution < 1.29 is 4.52 Å². The number of nitrogens with two attached hydrogens (primary N) is 1. The molecule has 0 amide bonds. The third-order valence-corrected chi connectivity index (χ3v) is 0.960. The number of hydrogen-bond donors (Lipinski definition) is 2. The van der Waals surface area contributed by atoms with Gasteiger partial charge in [0.15, 0.2) is 0 Å². The van der Waals surface area contributed by atoms with Crippen molar-refractivity contribution in [3.8, 4) is 0 Å². The molecule has 0 spiro atoms. The van der Waals surface area contributed by atoms with Crippen LogP contribution in [0, 0.1) is 6.92 Å². The predicted octanol–water partition coefficient (Wildman–Crippen LogP) is -0.0537. The van der Waals surface area contributed by atoms with Crippen LogP contribution in [0.4, 0.5) is 0 Å². The van der Waals surface area contributed by atoms with Crippen molar-refractivity contribution >= 4 is 0 Å². The Hall–Kier alpha value is -0.870. The fourth-order valence-corrected chi connectivity index (χ4v) is 0.606. The van der Waals surface area contributed by atoms with Crippen LogP contribution in [0.15, 0.2) is 10.6 Å². The highest BCUT2D eigenvalue weighted by Gasteiger charge is 1.95. The largest absolute Gasteiger partial charge is 0.361 e. The summed E-state index contributed by atoms with van der Waals surface area (Å²) >= 11 is 0. The summed E-state index contributed by atoms with van der Waals surface area (Å²) in [5.41, 5.74) is 3.30. The monoisotopic (exact) mass is 127 g/mol. The van der Waals surface area contributed by atoms with Crippen molar-refractivity contribution in [3.63, 3.8) is 0 Å². The van der Waals surface area contributed by atoms with Crippen LogP contribution < -0.4 is 11.3 Å². The molecule has 0 aromatic carbocycles. The molecular formula is C5H9N3O. The average Bonchev–Trinajstić information content (AvgIpc) is 2.17. The Kier molecular flexibility index (Phi) is 1.81. The van der Waals surface area contributed by atoms with Crippen molar-refractivity contribution in [2.75, 3.05) is 0 Å². The number of aryl methyl sites for hydroxylation is 1. The van der Waals surface area contributed by atoms with Crippen LogP contribution in [0.5, 0.6) is 0 Å². The van der Waals surface area contributed by atoms with Crippen LogP contribution >= 0.6 is 0 Å². The first-order valence-corrected chi connectivity index (χ1v) is 2.68. The Balaban J connectivity index is 2.61. The number of hydrazine groups is 1. The van der Waals surface area contributed by atoms with E-state index in [0.29, 0.717) is 6.54 Å². The molecule has 9 heavy (non-hydrogen) atoms. The van der Waals surface area contributed by atoms with Crippen LogP contribution in [-0.2, 0) is 6.54 Å². The Labute approximate surface area is 53.0 Å². The lowest BCUT2D eigenvalue weighted by atomic mass is 10.4. The summed E-state index contributed by atoms with van der Waals surface area (Å²) in [7, 11) is 0. The molecular weight excluding hydrogens is 118 g/mol. The third-order valence-electron chi connectivity index (χ3n) is 0.960. The van der Waals surface area contributed by atoms with Crippen LogP contribution in [-0.4, -0.2) is 5.16 Å². The van der Waals surface area contributed by atoms with Crippen molar-refractivity contribution in [1.82, 2.24) is 10.6 Å². The van der Waals surface area contributed by atoms with Gasteiger partial charge in [-0.1, -0.05) is 5.16 Å². The third kappa shape index (κ3) is 1.51. The Morgan fingerprint density at radius 3 is 3.11 bits per heavy atom. The first-order valence-electron chi connectivity index (χ1n) is 2.68. The number of nitrogens with zero attached hydrogens (tertiary/aromatic N) is 1. The predicted molar refractivity (Wildman–Crippen MR) is 32.3 cm³/mol. The summed E-state index contributed by atoms with van der Waals surface area (Å²) < 4.78 is 4.77. The van der Waals surface area contributed by atoms with Gasteiger partial charge in [0.2, 0.25) is 0 Å². The van der Waals surface area contributed by atoms with Gasteiger partial charge < -0.3 is 4.52 Å². The lowest BCUT2D eigenvalue weighted by molar-refractivity contribution is 0.388. The quantitative estimate of drug-likeness (QED) is 0.431. The molecule has 0 fully saturated rings. The second-order valence-electron chi connectivity index (χ2n) is 1.81. The highest BCUT2D eigenvalue weighted by atomic mass is 16.5. The molecule has 0 aliphatic heterocycles. The molecule has 0 aliphatic rings. The normalized spacial score (nSPS) is 10.0.